The summed E-state index contributed by atoms with van der Waals surface area (Å²) in [5, 5.41) is -42.0. The summed E-state index contributed by atoms with van der Waals surface area (Å²) in [6.07, 6.45) is -4.22. The molecule has 3 rings (SSSR count). The van der Waals surface area contributed by atoms with Crippen LogP contribution in [0.4, 0.5) is 101 Å². The van der Waals surface area contributed by atoms with Crippen LogP contribution in [-0.2, 0) is 143 Å². The van der Waals surface area contributed by atoms with E-state index < -0.39 is 211 Å². The van der Waals surface area contributed by atoms with Crippen LogP contribution in [0.25, 0.3) is 0 Å². The summed E-state index contributed by atoms with van der Waals surface area (Å²) in [7, 11) is -65.3. The minimum atomic E-state index is -6.82. The first-order valence-corrected chi connectivity index (χ1v) is 36.9. The van der Waals surface area contributed by atoms with Crippen molar-refractivity contribution < 1.29 is 215 Å². The Morgan fingerprint density at radius 1 is 0.425 bits per heavy atom. The van der Waals surface area contributed by atoms with Gasteiger partial charge in [0.2, 0.25) is 5.50 Å². The number of halogens is 23. The molecule has 87 heavy (non-hydrogen) atoms. The lowest BCUT2D eigenvalue weighted by Crippen LogP contribution is -2.66. The Labute approximate surface area is 475 Å². The lowest BCUT2D eigenvalue weighted by molar-refractivity contribution is -0.212. The van der Waals surface area contributed by atoms with Crippen molar-refractivity contribution >= 4 is 133 Å². The fourth-order valence-corrected chi connectivity index (χ4v) is 19.1. The second-order valence-electron chi connectivity index (χ2n) is 15.9. The Kier molecular flexibility index (Phi) is 26.1. The van der Waals surface area contributed by atoms with E-state index in [1.54, 1.807) is 0 Å². The normalized spacial score (nSPS) is 27.7. The lowest BCUT2D eigenvalue weighted by Gasteiger charge is -2.37. The first-order valence-electron chi connectivity index (χ1n) is 18.6. The Bertz CT molecular complexity index is 3710. The maximum Gasteiger partial charge on any atom is 0.447 e. The van der Waals surface area contributed by atoms with Crippen molar-refractivity contribution in [3.05, 3.63) is 0 Å². The van der Waals surface area contributed by atoms with Crippen molar-refractivity contribution in [1.29, 1.82) is 0 Å². The first-order chi connectivity index (χ1) is 36.5. The van der Waals surface area contributed by atoms with E-state index in [1.807, 2.05) is 0 Å². The SMILES string of the molecule is C=S1(=O)OS(=O)(=O)C(F)(F)C1(F)F.C=S1(=O)OS(=O)(=O)C(F)C1F.CC(F)(F)CC(F)(F)S(=O)(=O)OS(=O)(=O)C(F)(F)CC(C)(F)F.CC(F)(F)S(=O)(=O)OS(=O)(=O)C(C)(F)F.CC1(F)C(F)(F)C(F)(F)S(=O)(=O)OS1(=O)=O.CS(=O)(=O)OS(C)(=O)=O. The third-order valence-corrected chi connectivity index (χ3v) is 26.5. The van der Waals surface area contributed by atoms with E-state index in [2.05, 4.69) is 33.5 Å². The number of alkyl halides is 23. The molecule has 3 fully saturated rings. The van der Waals surface area contributed by atoms with Crippen LogP contribution >= 0.6 is 0 Å². The molecule has 0 radical (unpaired) electrons. The Morgan fingerprint density at radius 2 is 0.701 bits per heavy atom. The third-order valence-electron chi connectivity index (χ3n) is 7.41. The summed E-state index contributed by atoms with van der Waals surface area (Å²) in [4.78, 5) is 0. The topological polar surface area (TPSA) is 431 Å². The van der Waals surface area contributed by atoms with E-state index in [1.165, 1.54) is 0 Å². The average Bonchev–Trinajstić information content (AvgIpc) is 3.34. The summed E-state index contributed by atoms with van der Waals surface area (Å²) in [6, 6.07) is 0. The molecule has 0 N–H and O–H groups in total. The van der Waals surface area contributed by atoms with E-state index in [9.17, 15) is 194 Å². The predicted molar refractivity (Wildman–Crippen MR) is 239 cm³/mol. The van der Waals surface area contributed by atoms with Crippen molar-refractivity contribution in [2.75, 3.05) is 12.5 Å². The van der Waals surface area contributed by atoms with Crippen molar-refractivity contribution in [2.45, 2.75) is 118 Å². The fourth-order valence-electron chi connectivity index (χ4n) is 3.46. The van der Waals surface area contributed by atoms with Gasteiger partial charge in [-0.3, -0.25) is 0 Å². The van der Waals surface area contributed by atoms with Gasteiger partial charge in [-0.1, -0.05) is 0 Å². The quantitative estimate of drug-likeness (QED) is 0.178. The molecule has 0 aliphatic carbocycles. The van der Waals surface area contributed by atoms with Gasteiger partial charge in [-0.15, -0.1) is 14.5 Å². The van der Waals surface area contributed by atoms with Gasteiger partial charge >= 0.3 is 129 Å². The lowest BCUT2D eigenvalue weighted by atomic mass is 10.2. The van der Waals surface area contributed by atoms with Gasteiger partial charge in [-0.05, 0) is 32.5 Å². The van der Waals surface area contributed by atoms with Crippen LogP contribution < -0.4 is 0 Å². The van der Waals surface area contributed by atoms with Gasteiger partial charge in [-0.2, -0.15) is 162 Å². The van der Waals surface area contributed by atoms with Crippen LogP contribution in [0.5, 0.6) is 0 Å². The summed E-state index contributed by atoms with van der Waals surface area (Å²) in [5.41, 5.74) is -5.57. The first kappa shape index (κ1) is 88.9. The minimum absolute atomic E-state index is 0.156. The molecule has 3 aliphatic heterocycles. The number of rotatable bonds is 14. The van der Waals surface area contributed by atoms with Gasteiger partial charge in [0.25, 0.3) is 37.6 Å². The van der Waals surface area contributed by atoms with E-state index in [4.69, 9.17) is 0 Å². The zero-order valence-corrected chi connectivity index (χ0v) is 51.3. The van der Waals surface area contributed by atoms with Gasteiger partial charge in [-0.25, -0.2) is 39.2 Å². The molecule has 528 valence electrons. The maximum absolute atomic E-state index is 13.1. The zero-order chi connectivity index (χ0) is 72.3. The van der Waals surface area contributed by atoms with Gasteiger partial charge in [0.05, 0.1) is 25.4 Å². The molecule has 28 nitrogen and oxygen atoms in total. The van der Waals surface area contributed by atoms with E-state index >= 15 is 0 Å². The molecule has 0 aromatic rings. The molecule has 5 atom stereocenters. The number of hydrogen-bond donors (Lipinski definition) is 0. The maximum atomic E-state index is 13.1. The number of hydrogen-bond acceptors (Lipinski definition) is 28. The standard InChI is InChI=1S/C8H10F8O5S2.C4H3F5O5S2.C4H6F4O5S2.C3H2F4O4S2.C3H4F2O4S2.C2H6O5S2/c1-5(9,10)3-7(13,14)22(17,18)21-23(19,20)8(15,16)4-6(2,11)12;1-2(5)3(6,7)4(8,9)16(12,13)14-15(2,10)11;1-3(5,6)14(9,10)13-15(11,12)4(2,7)8;1-12(8)2(4,5)3(6,7)13(9,10)11-12;1-10(6)2(4)3(5)11(7,8)9-10;1-8(3,4)7-9(2,5)6/h3-4H2,1-2H3;1H3;1-2H3;1H2;2-3H,1H2;1-2H3. The summed E-state index contributed by atoms with van der Waals surface area (Å²) in [5.74, 6) is -9.91. The molecule has 3 heterocycles. The molecular weight excluding hydrogens is 1560 g/mol. The average molecular weight is 1590 g/mol. The molecule has 0 bridgehead atoms. The fraction of sp³-hybridized carbons (Fsp3) is 0.917. The Morgan fingerprint density at radius 3 is 0.862 bits per heavy atom. The highest BCUT2D eigenvalue weighted by molar-refractivity contribution is 8.09. The largest absolute Gasteiger partial charge is 0.447 e. The van der Waals surface area contributed by atoms with Gasteiger partial charge < -0.3 is 0 Å². The molecule has 0 amide bonds. The van der Waals surface area contributed by atoms with Crippen LogP contribution in [0.2, 0.25) is 0 Å². The Hall–Kier alpha value is -2.31. The molecule has 5 unspecified atom stereocenters. The molecule has 0 aromatic heterocycles. The van der Waals surface area contributed by atoms with Gasteiger partial charge in [0.15, 0.2) is 9.80 Å². The highest BCUT2D eigenvalue weighted by atomic mass is 32.3. The Balaban J connectivity index is -0.000000997. The molecule has 0 saturated carbocycles. The highest BCUT2D eigenvalue weighted by Crippen LogP contribution is 2.55. The molecular formula is C24H31F23O28S12. The van der Waals surface area contributed by atoms with Gasteiger partial charge in [0.1, 0.15) is 9.80 Å². The van der Waals surface area contributed by atoms with Crippen molar-refractivity contribution in [3.8, 4) is 0 Å². The van der Waals surface area contributed by atoms with Crippen LogP contribution in [0.1, 0.15) is 47.5 Å². The summed E-state index contributed by atoms with van der Waals surface area (Å²) < 4.78 is 537. The molecule has 3 saturated heterocycles. The van der Waals surface area contributed by atoms with Crippen molar-refractivity contribution in [1.82, 2.24) is 0 Å². The molecule has 0 aromatic carbocycles. The second kappa shape index (κ2) is 25.5. The molecule has 63 heteroatoms. The second-order valence-corrected chi connectivity index (χ2v) is 37.7. The van der Waals surface area contributed by atoms with Crippen molar-refractivity contribution in [3.63, 3.8) is 0 Å². The monoisotopic (exact) mass is 1590 g/mol. The molecule has 3 aliphatic rings. The van der Waals surface area contributed by atoms with E-state index in [0.29, 0.717) is 12.5 Å². The van der Waals surface area contributed by atoms with Crippen LogP contribution in [-0.4, -0.2) is 187 Å². The van der Waals surface area contributed by atoms with Crippen LogP contribution in [0.15, 0.2) is 0 Å². The summed E-state index contributed by atoms with van der Waals surface area (Å²) >= 11 is 0. The zero-order valence-electron chi connectivity index (χ0n) is 41.5. The van der Waals surface area contributed by atoms with Gasteiger partial charge in [0, 0.05) is 13.8 Å². The third kappa shape index (κ3) is 21.6. The predicted octanol–water partition coefficient (Wildman–Crippen LogP) is 3.07. The van der Waals surface area contributed by atoms with Crippen molar-refractivity contribution in [2.24, 2.45) is 0 Å². The molecule has 0 spiro atoms. The van der Waals surface area contributed by atoms with E-state index in [0.717, 1.165) is 0 Å². The smallest absolute Gasteiger partial charge is 0.237 e. The minimum Gasteiger partial charge on any atom is -0.237 e. The van der Waals surface area contributed by atoms with Crippen LogP contribution in [0, 0.1) is 0 Å². The summed E-state index contributed by atoms with van der Waals surface area (Å²) in [6.45, 7) is -1.13. The highest BCUT2D eigenvalue weighted by Gasteiger charge is 2.84. The van der Waals surface area contributed by atoms with Crippen LogP contribution in [0.3, 0.4) is 0 Å². The van der Waals surface area contributed by atoms with E-state index in [-0.39, 0.29) is 27.7 Å².